The molecule has 0 spiro atoms. The molecule has 0 unspecified atom stereocenters. The molecule has 0 radical (unpaired) electrons. The van der Waals surface area contributed by atoms with E-state index in [0.29, 0.717) is 6.54 Å². The molecule has 5 nitrogen and oxygen atoms in total. The number of rotatable bonds is 4. The van der Waals surface area contributed by atoms with Gasteiger partial charge in [-0.05, 0) is 18.6 Å². The maximum atomic E-state index is 11.8. The number of nitrogens with one attached hydrogen (secondary N) is 1. The van der Waals surface area contributed by atoms with Crippen molar-refractivity contribution in [2.45, 2.75) is 19.9 Å². The summed E-state index contributed by atoms with van der Waals surface area (Å²) in [5, 5.41) is 2.78. The molecule has 94 valence electrons. The molecule has 18 heavy (non-hydrogen) atoms. The molecule has 2 rings (SSSR count). The Labute approximate surface area is 109 Å². The Morgan fingerprint density at radius 2 is 2.06 bits per heavy atom. The Kier molecular flexibility index (Phi) is 3.88. The number of carbonyl (C=O) groups is 1. The Morgan fingerprint density at radius 1 is 1.33 bits per heavy atom. The average Bonchev–Trinajstić information content (AvgIpc) is 2.84. The van der Waals surface area contributed by atoms with Crippen molar-refractivity contribution < 1.29 is 4.79 Å². The molecule has 6 heteroatoms. The fraction of sp³-hybridized carbons (Fsp3) is 0.250. The fourth-order valence-corrected chi connectivity index (χ4v) is 2.38. The van der Waals surface area contributed by atoms with E-state index in [-0.39, 0.29) is 17.4 Å². The normalized spacial score (nSPS) is 10.3. The van der Waals surface area contributed by atoms with Gasteiger partial charge >= 0.3 is 0 Å². The number of hydrogen-bond donors (Lipinski definition) is 2. The van der Waals surface area contributed by atoms with E-state index in [0.717, 1.165) is 11.3 Å². The second-order valence-electron chi connectivity index (χ2n) is 3.69. The molecule has 0 saturated heterocycles. The van der Waals surface area contributed by atoms with Crippen molar-refractivity contribution in [3.05, 3.63) is 40.0 Å². The quantitative estimate of drug-likeness (QED) is 0.877. The van der Waals surface area contributed by atoms with Crippen molar-refractivity contribution in [3.8, 4) is 0 Å². The molecule has 0 aromatic carbocycles. The SMILES string of the molecule is CCc1ccc(CNC(=O)c2nccnc2N)s1. The van der Waals surface area contributed by atoms with Gasteiger partial charge in [0.25, 0.3) is 5.91 Å². The number of aromatic nitrogens is 2. The zero-order valence-electron chi connectivity index (χ0n) is 10.0. The van der Waals surface area contributed by atoms with E-state index < -0.39 is 0 Å². The Balaban J connectivity index is 1.98. The second-order valence-corrected chi connectivity index (χ2v) is 4.95. The summed E-state index contributed by atoms with van der Waals surface area (Å²) < 4.78 is 0. The number of amides is 1. The minimum Gasteiger partial charge on any atom is -0.382 e. The first kappa shape index (κ1) is 12.5. The molecule has 0 saturated carbocycles. The van der Waals surface area contributed by atoms with Gasteiger partial charge in [0.15, 0.2) is 11.5 Å². The van der Waals surface area contributed by atoms with Crippen LogP contribution in [0.1, 0.15) is 27.2 Å². The lowest BCUT2D eigenvalue weighted by Crippen LogP contribution is -2.24. The number of carbonyl (C=O) groups excluding carboxylic acids is 1. The topological polar surface area (TPSA) is 80.9 Å². The summed E-state index contributed by atoms with van der Waals surface area (Å²) in [6.45, 7) is 2.59. The highest BCUT2D eigenvalue weighted by Crippen LogP contribution is 2.16. The third-order valence-electron chi connectivity index (χ3n) is 2.43. The number of hydrogen-bond acceptors (Lipinski definition) is 5. The molecule has 2 aromatic rings. The van der Waals surface area contributed by atoms with Gasteiger partial charge in [0.05, 0.1) is 6.54 Å². The first-order valence-corrected chi connectivity index (χ1v) is 6.44. The molecular weight excluding hydrogens is 248 g/mol. The van der Waals surface area contributed by atoms with E-state index >= 15 is 0 Å². The van der Waals surface area contributed by atoms with Crippen molar-refractivity contribution in [2.24, 2.45) is 0 Å². The maximum Gasteiger partial charge on any atom is 0.274 e. The molecular formula is C12H14N4OS. The highest BCUT2D eigenvalue weighted by Gasteiger charge is 2.11. The number of nitrogens with two attached hydrogens (primary N) is 1. The molecule has 0 aliphatic carbocycles. The van der Waals surface area contributed by atoms with Crippen LogP contribution in [0.15, 0.2) is 24.5 Å². The summed E-state index contributed by atoms with van der Waals surface area (Å²) in [5.41, 5.74) is 5.76. The molecule has 0 atom stereocenters. The number of aryl methyl sites for hydroxylation is 1. The summed E-state index contributed by atoms with van der Waals surface area (Å²) >= 11 is 1.69. The van der Waals surface area contributed by atoms with Crippen LogP contribution in [0, 0.1) is 0 Å². The standard InChI is InChI=1S/C12H14N4OS/c1-2-8-3-4-9(18-8)7-16-12(17)10-11(13)15-6-5-14-10/h3-6H,2,7H2,1H3,(H2,13,15)(H,16,17). The fourth-order valence-electron chi connectivity index (χ4n) is 1.48. The van der Waals surface area contributed by atoms with Gasteiger partial charge in [-0.3, -0.25) is 4.79 Å². The molecule has 2 heterocycles. The van der Waals surface area contributed by atoms with Crippen molar-refractivity contribution in [3.63, 3.8) is 0 Å². The summed E-state index contributed by atoms with van der Waals surface area (Å²) in [7, 11) is 0. The van der Waals surface area contributed by atoms with Gasteiger partial charge in [-0.1, -0.05) is 6.92 Å². The average molecular weight is 262 g/mol. The smallest absolute Gasteiger partial charge is 0.274 e. The van der Waals surface area contributed by atoms with E-state index in [4.69, 9.17) is 5.73 Å². The lowest BCUT2D eigenvalue weighted by molar-refractivity contribution is 0.0947. The summed E-state index contributed by atoms with van der Waals surface area (Å²) in [6, 6.07) is 4.09. The van der Waals surface area contributed by atoms with E-state index in [1.807, 2.05) is 6.07 Å². The first-order valence-electron chi connectivity index (χ1n) is 5.63. The van der Waals surface area contributed by atoms with Gasteiger partial charge < -0.3 is 11.1 Å². The first-order chi connectivity index (χ1) is 8.70. The molecule has 3 N–H and O–H groups in total. The number of nitrogens with zero attached hydrogens (tertiary/aromatic N) is 2. The van der Waals surface area contributed by atoms with Crippen LogP contribution in [0.25, 0.3) is 0 Å². The number of nitrogen functional groups attached to an aromatic ring is 1. The molecule has 1 amide bonds. The largest absolute Gasteiger partial charge is 0.382 e. The van der Waals surface area contributed by atoms with Crippen LogP contribution in [0.5, 0.6) is 0 Å². The predicted octanol–water partition coefficient (Wildman–Crippen LogP) is 1.61. The maximum absolute atomic E-state index is 11.8. The number of thiophene rings is 1. The third-order valence-corrected chi connectivity index (χ3v) is 3.66. The van der Waals surface area contributed by atoms with Crippen molar-refractivity contribution in [1.82, 2.24) is 15.3 Å². The summed E-state index contributed by atoms with van der Waals surface area (Å²) in [5.74, 6) is -0.150. The minimum atomic E-state index is -0.299. The van der Waals surface area contributed by atoms with Gasteiger partial charge in [0.1, 0.15) is 0 Å². The second kappa shape index (κ2) is 5.59. The van der Waals surface area contributed by atoms with Crippen molar-refractivity contribution in [2.75, 3.05) is 5.73 Å². The van der Waals surface area contributed by atoms with Crippen LogP contribution in [0.4, 0.5) is 5.82 Å². The summed E-state index contributed by atoms with van der Waals surface area (Å²) in [6.07, 6.45) is 3.92. The van der Waals surface area contributed by atoms with Crippen LogP contribution < -0.4 is 11.1 Å². The van der Waals surface area contributed by atoms with E-state index in [9.17, 15) is 4.79 Å². The van der Waals surface area contributed by atoms with Crippen LogP contribution in [-0.2, 0) is 13.0 Å². The lowest BCUT2D eigenvalue weighted by Gasteiger charge is -2.04. The van der Waals surface area contributed by atoms with E-state index in [2.05, 4.69) is 28.3 Å². The highest BCUT2D eigenvalue weighted by molar-refractivity contribution is 7.11. The van der Waals surface area contributed by atoms with Gasteiger partial charge in [0.2, 0.25) is 0 Å². The zero-order chi connectivity index (χ0) is 13.0. The van der Waals surface area contributed by atoms with Crippen LogP contribution in [0.3, 0.4) is 0 Å². The monoisotopic (exact) mass is 262 g/mol. The lowest BCUT2D eigenvalue weighted by atomic mass is 10.3. The van der Waals surface area contributed by atoms with E-state index in [1.165, 1.54) is 17.3 Å². The molecule has 2 aromatic heterocycles. The van der Waals surface area contributed by atoms with Crippen LogP contribution in [-0.4, -0.2) is 15.9 Å². The molecule has 0 aliphatic rings. The third kappa shape index (κ3) is 2.84. The van der Waals surface area contributed by atoms with Gasteiger partial charge in [-0.15, -0.1) is 11.3 Å². The molecule has 0 fully saturated rings. The van der Waals surface area contributed by atoms with Crippen molar-refractivity contribution >= 4 is 23.1 Å². The number of anilines is 1. The highest BCUT2D eigenvalue weighted by atomic mass is 32.1. The van der Waals surface area contributed by atoms with E-state index in [1.54, 1.807) is 11.3 Å². The Morgan fingerprint density at radius 3 is 2.72 bits per heavy atom. The molecule has 0 aliphatic heterocycles. The van der Waals surface area contributed by atoms with Crippen LogP contribution in [0.2, 0.25) is 0 Å². The minimum absolute atomic E-state index is 0.149. The van der Waals surface area contributed by atoms with Gasteiger partial charge in [-0.25, -0.2) is 9.97 Å². The van der Waals surface area contributed by atoms with Crippen molar-refractivity contribution in [1.29, 1.82) is 0 Å². The predicted molar refractivity (Wildman–Crippen MR) is 71.3 cm³/mol. The molecule has 0 bridgehead atoms. The Hall–Kier alpha value is -1.95. The van der Waals surface area contributed by atoms with Gasteiger partial charge in [0, 0.05) is 22.1 Å². The zero-order valence-corrected chi connectivity index (χ0v) is 10.8. The Bertz CT molecular complexity index is 553. The summed E-state index contributed by atoms with van der Waals surface area (Å²) in [4.78, 5) is 22.0. The van der Waals surface area contributed by atoms with Gasteiger partial charge in [-0.2, -0.15) is 0 Å². The van der Waals surface area contributed by atoms with Crippen LogP contribution >= 0.6 is 11.3 Å².